The van der Waals surface area contributed by atoms with Gasteiger partial charge < -0.3 is 26.6 Å². The summed E-state index contributed by atoms with van der Waals surface area (Å²) in [5.74, 6) is 0. The normalized spacial score (nSPS) is 13.0. The first-order chi connectivity index (χ1) is 21.2. The summed E-state index contributed by atoms with van der Waals surface area (Å²) in [4.78, 5) is 0. The lowest BCUT2D eigenvalue weighted by molar-refractivity contribution is 0.0142. The molecule has 0 aromatic heterocycles. The van der Waals surface area contributed by atoms with Gasteiger partial charge in [-0.3, -0.25) is 0 Å². The molecule has 0 aliphatic heterocycles. The van der Waals surface area contributed by atoms with Crippen molar-refractivity contribution in [3.05, 3.63) is 78.9 Å². The summed E-state index contributed by atoms with van der Waals surface area (Å²) in [6.45, 7) is 24.4. The van der Waals surface area contributed by atoms with Gasteiger partial charge in [-0.1, -0.05) is 78.9 Å². The van der Waals surface area contributed by atoms with E-state index in [4.69, 9.17) is 26.6 Å². The van der Waals surface area contributed by atoms with E-state index in [0.717, 1.165) is 10.4 Å². The third-order valence-corrected chi connectivity index (χ3v) is 15.5. The molecule has 3 aromatic carbocycles. The molecule has 0 saturated heterocycles. The summed E-state index contributed by atoms with van der Waals surface area (Å²) < 4.78 is 39.1. The lowest BCUT2D eigenvalue weighted by Gasteiger charge is -2.35. The van der Waals surface area contributed by atoms with Gasteiger partial charge in [0.25, 0.3) is 0 Å². The minimum absolute atomic E-state index is 0.0384. The van der Waals surface area contributed by atoms with Crippen molar-refractivity contribution in [1.29, 1.82) is 0 Å². The maximum Gasteiger partial charge on any atom is 0.537 e. The Kier molecular flexibility index (Phi) is 14.2. The van der Waals surface area contributed by atoms with Crippen molar-refractivity contribution >= 4 is 51.8 Å². The van der Waals surface area contributed by atoms with Gasteiger partial charge in [0.15, 0.2) is 0 Å². The third kappa shape index (κ3) is 10.6. The van der Waals surface area contributed by atoms with Crippen molar-refractivity contribution in [1.82, 2.24) is 0 Å². The van der Waals surface area contributed by atoms with E-state index >= 15 is 0 Å². The van der Waals surface area contributed by atoms with Crippen molar-refractivity contribution in [3.8, 4) is 0 Å². The zero-order valence-electron chi connectivity index (χ0n) is 29.4. The predicted molar refractivity (Wildman–Crippen MR) is 193 cm³/mol. The van der Waals surface area contributed by atoms with E-state index in [0.29, 0.717) is 0 Å². The first kappa shape index (κ1) is 37.7. The highest BCUT2D eigenvalue weighted by Gasteiger charge is 2.48. The van der Waals surface area contributed by atoms with Gasteiger partial charge in [-0.25, -0.2) is 0 Å². The van der Waals surface area contributed by atoms with Crippen molar-refractivity contribution in [2.45, 2.75) is 120 Å². The monoisotopic (exact) mass is 670 g/mol. The number of hydrogen-bond donors (Lipinski definition) is 0. The van der Waals surface area contributed by atoms with Crippen LogP contribution in [0.4, 0.5) is 0 Å². The number of hydrogen-bond acceptors (Lipinski definition) is 6. The van der Waals surface area contributed by atoms with Crippen LogP contribution in [0.2, 0.25) is 0 Å². The molecule has 0 fully saturated rings. The molecule has 0 saturated carbocycles. The van der Waals surface area contributed by atoms with E-state index in [1.807, 2.05) is 83.1 Å². The zero-order chi connectivity index (χ0) is 33.4. The largest absolute Gasteiger partial charge is 0.537 e. The quantitative estimate of drug-likeness (QED) is 0.124. The molecule has 248 valence electrons. The molecule has 0 N–H and O–H groups in total. The van der Waals surface area contributed by atoms with Crippen LogP contribution in [0.5, 0.6) is 0 Å². The van der Waals surface area contributed by atoms with E-state index < -0.39 is 25.5 Å². The molecule has 0 atom stereocenters. The van der Waals surface area contributed by atoms with E-state index in [-0.39, 0.29) is 36.6 Å². The van der Waals surface area contributed by atoms with E-state index in [1.54, 1.807) is 0 Å². The van der Waals surface area contributed by atoms with Crippen LogP contribution in [0.25, 0.3) is 0 Å². The molecular weight excluding hydrogens is 616 g/mol. The lowest BCUT2D eigenvalue weighted by Crippen LogP contribution is -2.60. The Hall–Kier alpha value is -1.72. The molecule has 0 heterocycles. The number of benzene rings is 3. The molecule has 9 heteroatoms. The Morgan fingerprint density at radius 2 is 0.600 bits per heavy atom. The first-order valence-electron chi connectivity index (χ1n) is 16.3. The van der Waals surface area contributed by atoms with Crippen molar-refractivity contribution in [2.24, 2.45) is 0 Å². The molecule has 0 aliphatic carbocycles. The fourth-order valence-electron chi connectivity index (χ4n) is 5.09. The molecule has 0 aliphatic rings. The lowest BCUT2D eigenvalue weighted by atomic mass is 10.3. The Balaban J connectivity index is 2.11. The van der Waals surface area contributed by atoms with Gasteiger partial charge in [0.2, 0.25) is 0 Å². The van der Waals surface area contributed by atoms with Crippen LogP contribution >= 0.6 is 7.92 Å². The molecule has 3 aromatic rings. The summed E-state index contributed by atoms with van der Waals surface area (Å²) >= 11 is 0. The topological polar surface area (TPSA) is 55.4 Å². The van der Waals surface area contributed by atoms with Crippen molar-refractivity contribution in [2.75, 3.05) is 0 Å². The molecule has 45 heavy (non-hydrogen) atoms. The van der Waals surface area contributed by atoms with Crippen LogP contribution in [0, 0.1) is 0 Å². The fourth-order valence-corrected chi connectivity index (χ4v) is 13.4. The molecule has 0 unspecified atom stereocenters. The average Bonchev–Trinajstić information content (AvgIpc) is 2.92. The second-order valence-corrected chi connectivity index (χ2v) is 19.9. The van der Waals surface area contributed by atoms with Gasteiger partial charge in [0.05, 0.1) is 0 Å². The van der Waals surface area contributed by atoms with Crippen LogP contribution in [-0.4, -0.2) is 54.2 Å². The highest BCUT2D eigenvalue weighted by molar-refractivity contribution is 7.79. The van der Waals surface area contributed by atoms with Gasteiger partial charge >= 0.3 is 17.6 Å². The Morgan fingerprint density at radius 3 is 0.844 bits per heavy atom. The van der Waals surface area contributed by atoms with E-state index in [9.17, 15) is 0 Å². The third-order valence-electron chi connectivity index (χ3n) is 6.32. The summed E-state index contributed by atoms with van der Waals surface area (Å²) in [7, 11) is -7.21. The highest BCUT2D eigenvalue weighted by atomic mass is 31.1. The van der Waals surface area contributed by atoms with Crippen LogP contribution in [0.3, 0.4) is 0 Å². The van der Waals surface area contributed by atoms with Gasteiger partial charge in [-0.15, -0.1) is 0 Å². The highest BCUT2D eigenvalue weighted by Crippen LogP contribution is 2.33. The standard InChI is InChI=1S/C36H55O6PSi2/c1-26(2)37-44(38-27(3)4,39-28(5)6)35-22-18-33(19-23-35)43(32-16-14-13-15-17-32)34-20-24-36(25-21-34)45(40-29(7)8,41-30(9)10)42-31(11)12/h13-31H,1-12H3. The van der Waals surface area contributed by atoms with Crippen molar-refractivity contribution in [3.63, 3.8) is 0 Å². The summed E-state index contributed by atoms with van der Waals surface area (Å²) in [5, 5.41) is 5.67. The minimum atomic E-state index is -3.18. The van der Waals surface area contributed by atoms with Crippen LogP contribution in [-0.2, 0) is 26.6 Å². The summed E-state index contributed by atoms with van der Waals surface area (Å²) in [6, 6.07) is 28.1. The molecule has 0 bridgehead atoms. The summed E-state index contributed by atoms with van der Waals surface area (Å²) in [5.41, 5.74) is 0. The SMILES string of the molecule is CC(C)O[Si](OC(C)C)(OC(C)C)c1ccc(P(c2ccccc2)c2ccc([Si](OC(C)C)(OC(C)C)OC(C)C)cc2)cc1. The maximum atomic E-state index is 6.51. The molecule has 3 rings (SSSR count). The molecule has 0 radical (unpaired) electrons. The smallest absolute Gasteiger partial charge is 0.367 e. The summed E-state index contributed by atoms with van der Waals surface area (Å²) in [6.07, 6.45) is -0.231. The second-order valence-electron chi connectivity index (χ2n) is 12.9. The Morgan fingerprint density at radius 1 is 0.356 bits per heavy atom. The van der Waals surface area contributed by atoms with Gasteiger partial charge in [-0.2, -0.15) is 0 Å². The van der Waals surface area contributed by atoms with Gasteiger partial charge in [0.1, 0.15) is 0 Å². The fraction of sp³-hybridized carbons (Fsp3) is 0.500. The second kappa shape index (κ2) is 16.9. The maximum absolute atomic E-state index is 6.51. The van der Waals surface area contributed by atoms with Crippen LogP contribution in [0.15, 0.2) is 78.9 Å². The van der Waals surface area contributed by atoms with Gasteiger partial charge in [-0.05, 0) is 107 Å². The predicted octanol–water partition coefficient (Wildman–Crippen LogP) is 6.29. The van der Waals surface area contributed by atoms with Crippen molar-refractivity contribution < 1.29 is 26.6 Å². The van der Waals surface area contributed by atoms with E-state index in [2.05, 4.69) is 78.9 Å². The van der Waals surface area contributed by atoms with Gasteiger partial charge in [0, 0.05) is 47.0 Å². The molecule has 6 nitrogen and oxygen atoms in total. The molecule has 0 amide bonds. The molecule has 0 spiro atoms. The zero-order valence-corrected chi connectivity index (χ0v) is 32.3. The van der Waals surface area contributed by atoms with Crippen LogP contribution in [0.1, 0.15) is 83.1 Å². The van der Waals surface area contributed by atoms with Crippen LogP contribution < -0.4 is 26.3 Å². The first-order valence-corrected chi connectivity index (χ1v) is 21.1. The Bertz CT molecular complexity index is 1150. The average molecular weight is 671 g/mol. The Labute approximate surface area is 276 Å². The molecular formula is C36H55O6PSi2. The van der Waals surface area contributed by atoms with E-state index in [1.165, 1.54) is 15.9 Å². The number of rotatable bonds is 17. The minimum Gasteiger partial charge on any atom is -0.367 e.